The fourth-order valence-corrected chi connectivity index (χ4v) is 1.82. The first-order valence-electron chi connectivity index (χ1n) is 3.73. The Balaban J connectivity index is 2.74. The number of imidazole rings is 1. The number of hydrogen-bond acceptors (Lipinski definition) is 1. The van der Waals surface area contributed by atoms with Gasteiger partial charge in [0.1, 0.15) is 4.90 Å². The summed E-state index contributed by atoms with van der Waals surface area (Å²) in [6, 6.07) is 1.60. The van der Waals surface area contributed by atoms with Crippen LogP contribution in [0.2, 0.25) is 0 Å². The Kier molecular flexibility index (Phi) is 1.43. The Morgan fingerprint density at radius 3 is 2.33 bits per heavy atom. The fourth-order valence-electron chi connectivity index (χ4n) is 1.15. The van der Waals surface area contributed by atoms with E-state index in [1.54, 1.807) is 0 Å². The van der Waals surface area contributed by atoms with E-state index in [0.717, 1.165) is 12.4 Å². The van der Waals surface area contributed by atoms with E-state index < -0.39 is 15.1 Å². The largest absolute Gasteiger partial charge is 0.345 e. The number of aromatic nitrogens is 2. The molecule has 1 aromatic heterocycles. The number of aromatic amines is 1. The second kappa shape index (κ2) is 2.11. The van der Waals surface area contributed by atoms with Gasteiger partial charge in [0.25, 0.3) is 0 Å². The Hall–Kier alpha value is -1.31. The summed E-state index contributed by atoms with van der Waals surface area (Å²) in [6.45, 7) is 0. The van der Waals surface area contributed by atoms with Crippen molar-refractivity contribution in [2.45, 2.75) is 4.90 Å². The minimum atomic E-state index is -9.57. The van der Waals surface area contributed by atoms with Gasteiger partial charge >= 0.3 is 10.2 Å². The van der Waals surface area contributed by atoms with Gasteiger partial charge in [0, 0.05) is 0 Å². The summed E-state index contributed by atoms with van der Waals surface area (Å²) in [5.41, 5.74) is 0.140. The lowest BCUT2D eigenvalue weighted by Crippen LogP contribution is -2.05. The summed E-state index contributed by atoms with van der Waals surface area (Å²) in [6.07, 6.45) is 1.14. The highest BCUT2D eigenvalue weighted by Crippen LogP contribution is 3.02. The molecule has 0 unspecified atom stereocenters. The van der Waals surface area contributed by atoms with Gasteiger partial charge in [-0.3, -0.25) is 0 Å². The summed E-state index contributed by atoms with van der Waals surface area (Å²) in [7, 11) is -9.57. The summed E-state index contributed by atoms with van der Waals surface area (Å²) >= 11 is 0. The molecule has 15 heavy (non-hydrogen) atoms. The van der Waals surface area contributed by atoms with Crippen molar-refractivity contribution in [3.05, 3.63) is 24.5 Å². The number of rotatable bonds is 1. The van der Waals surface area contributed by atoms with Gasteiger partial charge in [-0.2, -0.15) is 0 Å². The number of nitrogens with zero attached hydrogens (tertiary/aromatic N) is 1. The third-order valence-electron chi connectivity index (χ3n) is 1.84. The zero-order chi connectivity index (χ0) is 11.4. The Labute approximate surface area is 80.8 Å². The van der Waals surface area contributed by atoms with E-state index in [1.165, 1.54) is 0 Å². The van der Waals surface area contributed by atoms with Crippen LogP contribution >= 0.6 is 10.2 Å². The van der Waals surface area contributed by atoms with Crippen LogP contribution in [0.1, 0.15) is 0 Å². The number of H-pyrrole nitrogens is 1. The van der Waals surface area contributed by atoms with Crippen molar-refractivity contribution in [2.24, 2.45) is 0 Å². The number of nitrogens with one attached hydrogen (secondary N) is 1. The van der Waals surface area contributed by atoms with Crippen molar-refractivity contribution < 1.29 is 19.4 Å². The van der Waals surface area contributed by atoms with Gasteiger partial charge in [-0.1, -0.05) is 19.4 Å². The minimum absolute atomic E-state index is 0.0687. The van der Waals surface area contributed by atoms with Crippen LogP contribution in [0.4, 0.5) is 19.4 Å². The van der Waals surface area contributed by atoms with E-state index in [-0.39, 0.29) is 11.0 Å². The molecule has 84 valence electrons. The van der Waals surface area contributed by atoms with Crippen LogP contribution in [0.3, 0.4) is 0 Å². The Morgan fingerprint density at radius 1 is 1.07 bits per heavy atom. The van der Waals surface area contributed by atoms with E-state index in [1.807, 2.05) is 0 Å². The van der Waals surface area contributed by atoms with Gasteiger partial charge < -0.3 is 4.98 Å². The smallest absolute Gasteiger partial charge is 0.310 e. The highest BCUT2D eigenvalue weighted by molar-refractivity contribution is 8.45. The first kappa shape index (κ1) is 10.2. The third kappa shape index (κ3) is 1.89. The predicted octanol–water partition coefficient (Wildman–Crippen LogP) is 4.22. The van der Waals surface area contributed by atoms with E-state index in [0.29, 0.717) is 12.1 Å². The molecule has 0 amide bonds. The van der Waals surface area contributed by atoms with Crippen LogP contribution < -0.4 is 0 Å². The number of benzene rings is 1. The molecule has 8 heteroatoms. The first-order chi connectivity index (χ1) is 6.56. The predicted molar refractivity (Wildman–Crippen MR) is 47.5 cm³/mol. The molecule has 0 aliphatic carbocycles. The van der Waals surface area contributed by atoms with Gasteiger partial charge in [0.15, 0.2) is 0 Å². The van der Waals surface area contributed by atoms with Crippen molar-refractivity contribution in [1.82, 2.24) is 9.97 Å². The van der Waals surface area contributed by atoms with Crippen LogP contribution in [-0.2, 0) is 0 Å². The van der Waals surface area contributed by atoms with Gasteiger partial charge in [-0.05, 0) is 18.2 Å². The molecule has 0 saturated heterocycles. The summed E-state index contributed by atoms with van der Waals surface area (Å²) in [5.74, 6) is 0. The summed E-state index contributed by atoms with van der Waals surface area (Å²) < 4.78 is 61.7. The molecular formula is C7H5F5N2S. The highest BCUT2D eigenvalue weighted by atomic mass is 32.5. The molecule has 0 saturated carbocycles. The van der Waals surface area contributed by atoms with Gasteiger partial charge in [0.2, 0.25) is 0 Å². The molecule has 0 spiro atoms. The normalized spacial score (nSPS) is 17.4. The van der Waals surface area contributed by atoms with Gasteiger partial charge in [-0.25, -0.2) is 4.98 Å². The van der Waals surface area contributed by atoms with E-state index in [9.17, 15) is 19.4 Å². The first-order valence-corrected chi connectivity index (χ1v) is 5.69. The zero-order valence-corrected chi connectivity index (χ0v) is 7.87. The standard InChI is InChI=1S/C7H5F5N2S/c8-15(9,10,11,12)5-1-2-6-7(3-5)14-4-13-6/h1-4H,(H,13,14). The lowest BCUT2D eigenvalue weighted by atomic mass is 10.3. The molecular weight excluding hydrogens is 239 g/mol. The Morgan fingerprint density at radius 2 is 1.73 bits per heavy atom. The average Bonchev–Trinajstić information content (AvgIpc) is 2.45. The quantitative estimate of drug-likeness (QED) is 0.747. The van der Waals surface area contributed by atoms with Crippen molar-refractivity contribution in [2.75, 3.05) is 0 Å². The molecule has 0 aliphatic heterocycles. The SMILES string of the molecule is FS(F)(F)(F)(F)c1ccc2nc[nH]c2c1. The second-order valence-electron chi connectivity index (χ2n) is 3.05. The van der Waals surface area contributed by atoms with Crippen LogP contribution in [0.25, 0.3) is 11.0 Å². The molecule has 1 heterocycles. The van der Waals surface area contributed by atoms with Crippen LogP contribution in [0.15, 0.2) is 29.4 Å². The Bertz CT molecular complexity index is 528. The highest BCUT2D eigenvalue weighted by Gasteiger charge is 2.65. The van der Waals surface area contributed by atoms with Crippen LogP contribution in [0.5, 0.6) is 0 Å². The third-order valence-corrected chi connectivity index (χ3v) is 2.98. The molecule has 1 N–H and O–H groups in total. The van der Waals surface area contributed by atoms with E-state index >= 15 is 0 Å². The number of fused-ring (bicyclic) bond motifs is 1. The number of halogens is 5. The number of hydrogen-bond donors (Lipinski definition) is 1. The average molecular weight is 244 g/mol. The van der Waals surface area contributed by atoms with Gasteiger partial charge in [-0.15, -0.1) is 0 Å². The topological polar surface area (TPSA) is 28.7 Å². The van der Waals surface area contributed by atoms with E-state index in [4.69, 9.17) is 0 Å². The minimum Gasteiger partial charge on any atom is -0.345 e. The lowest BCUT2D eigenvalue weighted by molar-refractivity contribution is 0.364. The van der Waals surface area contributed by atoms with Crippen molar-refractivity contribution >= 4 is 21.3 Å². The molecule has 2 nitrogen and oxygen atoms in total. The molecule has 2 aromatic rings. The van der Waals surface area contributed by atoms with Crippen molar-refractivity contribution in [3.8, 4) is 0 Å². The second-order valence-corrected chi connectivity index (χ2v) is 5.46. The molecule has 1 aromatic carbocycles. The van der Waals surface area contributed by atoms with Crippen molar-refractivity contribution in [1.29, 1.82) is 0 Å². The maximum absolute atomic E-state index is 12.3. The summed E-state index contributed by atoms with van der Waals surface area (Å²) in [4.78, 5) is 4.06. The fraction of sp³-hybridized carbons (Fsp3) is 0. The van der Waals surface area contributed by atoms with Crippen LogP contribution in [0, 0.1) is 0 Å². The van der Waals surface area contributed by atoms with Crippen molar-refractivity contribution in [3.63, 3.8) is 0 Å². The molecule has 0 atom stereocenters. The zero-order valence-electron chi connectivity index (χ0n) is 7.05. The maximum Gasteiger partial charge on any atom is 0.310 e. The van der Waals surface area contributed by atoms with Gasteiger partial charge in [0.05, 0.1) is 17.4 Å². The molecule has 0 radical (unpaired) electrons. The molecule has 0 fully saturated rings. The maximum atomic E-state index is 12.3. The lowest BCUT2D eigenvalue weighted by Gasteiger charge is -2.40. The van der Waals surface area contributed by atoms with Crippen LogP contribution in [-0.4, -0.2) is 9.97 Å². The summed E-state index contributed by atoms with van der Waals surface area (Å²) in [5, 5.41) is 0. The monoisotopic (exact) mass is 244 g/mol. The molecule has 0 aliphatic rings. The molecule has 2 rings (SSSR count). The van der Waals surface area contributed by atoms with E-state index in [2.05, 4.69) is 9.97 Å². The molecule has 0 bridgehead atoms.